The number of unbranched alkanes of at least 4 members (excludes halogenated alkanes) is 1. The third kappa shape index (κ3) is 2.45. The number of pyridine rings is 1. The number of carbonyl (C=O) groups is 1. The Morgan fingerprint density at radius 2 is 2.10 bits per heavy atom. The number of carbonyl (C=O) groups excluding carboxylic acids is 1. The highest BCUT2D eigenvalue weighted by Crippen LogP contribution is 2.22. The smallest absolute Gasteiger partial charge is 0.279 e. The topological polar surface area (TPSA) is 77.1 Å². The molecule has 6 heteroatoms. The molecule has 0 amide bonds. The van der Waals surface area contributed by atoms with Crippen molar-refractivity contribution in [3.8, 4) is 5.88 Å². The van der Waals surface area contributed by atoms with Crippen LogP contribution in [0.3, 0.4) is 0 Å². The summed E-state index contributed by atoms with van der Waals surface area (Å²) in [4.78, 5) is 27.4. The minimum Gasteiger partial charge on any atom is -0.494 e. The molecule has 0 spiro atoms. The van der Waals surface area contributed by atoms with Gasteiger partial charge >= 0.3 is 0 Å². The van der Waals surface area contributed by atoms with Crippen molar-refractivity contribution in [2.75, 3.05) is 0 Å². The fourth-order valence-electron chi connectivity index (χ4n) is 2.34. The standard InChI is InChI=1S/C14H19N3O3/c1-9(18)6-4-5-7-17-13(19)10(2)11-12(14(17)20)16(3)8-15-11/h8,19H,4-7H2,1-3H3. The van der Waals surface area contributed by atoms with Crippen LogP contribution in [0.25, 0.3) is 11.0 Å². The molecule has 6 nitrogen and oxygen atoms in total. The first-order valence-corrected chi connectivity index (χ1v) is 6.66. The SMILES string of the molecule is CC(=O)CCCCn1c(O)c(C)c2ncn(C)c2c1=O. The zero-order valence-electron chi connectivity index (χ0n) is 12.0. The molecular weight excluding hydrogens is 258 g/mol. The van der Waals surface area contributed by atoms with E-state index in [0.717, 1.165) is 0 Å². The summed E-state index contributed by atoms with van der Waals surface area (Å²) >= 11 is 0. The third-order valence-corrected chi connectivity index (χ3v) is 3.49. The molecule has 0 saturated heterocycles. The van der Waals surface area contributed by atoms with E-state index in [4.69, 9.17) is 0 Å². The molecule has 2 aromatic rings. The molecule has 0 aliphatic rings. The molecule has 0 atom stereocenters. The molecule has 0 aliphatic heterocycles. The minimum atomic E-state index is -0.245. The lowest BCUT2D eigenvalue weighted by atomic mass is 10.2. The minimum absolute atomic E-state index is 0.0379. The normalized spacial score (nSPS) is 11.2. The summed E-state index contributed by atoms with van der Waals surface area (Å²) in [5.41, 5.74) is 1.39. The van der Waals surface area contributed by atoms with Gasteiger partial charge in [0, 0.05) is 25.6 Å². The first kappa shape index (κ1) is 14.3. The second-order valence-electron chi connectivity index (χ2n) is 5.12. The van der Waals surface area contributed by atoms with Crippen LogP contribution >= 0.6 is 0 Å². The van der Waals surface area contributed by atoms with Crippen LogP contribution in [0.15, 0.2) is 11.1 Å². The second-order valence-corrected chi connectivity index (χ2v) is 5.12. The molecule has 0 fully saturated rings. The number of imidazole rings is 1. The molecule has 2 aromatic heterocycles. The van der Waals surface area contributed by atoms with Crippen LogP contribution in [0.2, 0.25) is 0 Å². The maximum atomic E-state index is 12.4. The number of ketones is 1. The number of aromatic hydroxyl groups is 1. The molecule has 0 aliphatic carbocycles. The zero-order chi connectivity index (χ0) is 14.9. The Morgan fingerprint density at radius 3 is 2.75 bits per heavy atom. The third-order valence-electron chi connectivity index (χ3n) is 3.49. The Balaban J connectivity index is 2.35. The van der Waals surface area contributed by atoms with E-state index in [0.29, 0.717) is 42.4 Å². The Kier molecular flexibility index (Phi) is 3.92. The van der Waals surface area contributed by atoms with Crippen LogP contribution in [0.4, 0.5) is 0 Å². The maximum absolute atomic E-state index is 12.4. The van der Waals surface area contributed by atoms with Crippen molar-refractivity contribution in [3.05, 3.63) is 22.2 Å². The number of aryl methyl sites for hydroxylation is 2. The number of hydrogen-bond acceptors (Lipinski definition) is 4. The van der Waals surface area contributed by atoms with Crippen molar-refractivity contribution in [2.45, 2.75) is 39.7 Å². The predicted octanol–water partition coefficient (Wildman–Crippen LogP) is 1.51. The van der Waals surface area contributed by atoms with Gasteiger partial charge in [0.25, 0.3) is 5.56 Å². The number of rotatable bonds is 5. The molecule has 0 aromatic carbocycles. The molecule has 1 N–H and O–H groups in total. The highest BCUT2D eigenvalue weighted by molar-refractivity contribution is 5.79. The number of aromatic nitrogens is 3. The Bertz CT molecular complexity index is 713. The van der Waals surface area contributed by atoms with Crippen LogP contribution in [0.1, 0.15) is 31.7 Å². The molecule has 0 radical (unpaired) electrons. The first-order valence-electron chi connectivity index (χ1n) is 6.66. The Labute approximate surface area is 116 Å². The van der Waals surface area contributed by atoms with E-state index in [-0.39, 0.29) is 17.2 Å². The van der Waals surface area contributed by atoms with Gasteiger partial charge in [-0.05, 0) is 26.7 Å². The molecule has 20 heavy (non-hydrogen) atoms. The van der Waals surface area contributed by atoms with Gasteiger partial charge in [-0.1, -0.05) is 0 Å². The van der Waals surface area contributed by atoms with Gasteiger partial charge in [0.1, 0.15) is 16.8 Å². The fraction of sp³-hybridized carbons (Fsp3) is 0.500. The number of Topliss-reactive ketones (excluding diaryl/α,β-unsaturated/α-hetero) is 1. The van der Waals surface area contributed by atoms with Gasteiger partial charge in [0.15, 0.2) is 5.88 Å². The van der Waals surface area contributed by atoms with Gasteiger partial charge in [0.2, 0.25) is 0 Å². The maximum Gasteiger partial charge on any atom is 0.279 e. The number of nitrogens with zero attached hydrogens (tertiary/aromatic N) is 3. The van der Waals surface area contributed by atoms with Crippen molar-refractivity contribution >= 4 is 16.8 Å². The molecule has 108 valence electrons. The largest absolute Gasteiger partial charge is 0.494 e. The van der Waals surface area contributed by atoms with Crippen LogP contribution in [-0.2, 0) is 18.4 Å². The summed E-state index contributed by atoms with van der Waals surface area (Å²) in [5.74, 6) is 0.101. The van der Waals surface area contributed by atoms with Crippen LogP contribution in [-0.4, -0.2) is 25.0 Å². The van der Waals surface area contributed by atoms with Crippen molar-refractivity contribution in [1.29, 1.82) is 0 Å². The van der Waals surface area contributed by atoms with Crippen LogP contribution < -0.4 is 5.56 Å². The summed E-state index contributed by atoms with van der Waals surface area (Å²) in [6.45, 7) is 3.70. The van der Waals surface area contributed by atoms with Gasteiger partial charge < -0.3 is 14.5 Å². The summed E-state index contributed by atoms with van der Waals surface area (Å²) in [6.07, 6.45) is 3.46. The molecule has 0 bridgehead atoms. The van der Waals surface area contributed by atoms with Crippen molar-refractivity contribution in [1.82, 2.24) is 14.1 Å². The zero-order valence-corrected chi connectivity index (χ0v) is 12.0. The van der Waals surface area contributed by atoms with E-state index in [2.05, 4.69) is 4.98 Å². The van der Waals surface area contributed by atoms with E-state index >= 15 is 0 Å². The van der Waals surface area contributed by atoms with Crippen LogP contribution in [0, 0.1) is 6.92 Å². The number of hydrogen-bond donors (Lipinski definition) is 1. The molecule has 2 heterocycles. The summed E-state index contributed by atoms with van der Waals surface area (Å²) in [6, 6.07) is 0. The van der Waals surface area contributed by atoms with E-state index in [1.807, 2.05) is 0 Å². The average Bonchev–Trinajstić information content (AvgIpc) is 2.77. The van der Waals surface area contributed by atoms with Gasteiger partial charge in [-0.15, -0.1) is 0 Å². The van der Waals surface area contributed by atoms with E-state index in [1.165, 1.54) is 4.57 Å². The molecule has 2 rings (SSSR count). The molecule has 0 saturated carbocycles. The van der Waals surface area contributed by atoms with Gasteiger partial charge in [-0.3, -0.25) is 9.36 Å². The van der Waals surface area contributed by atoms with E-state index in [9.17, 15) is 14.7 Å². The van der Waals surface area contributed by atoms with Crippen molar-refractivity contribution in [2.24, 2.45) is 7.05 Å². The summed E-state index contributed by atoms with van der Waals surface area (Å²) < 4.78 is 3.02. The van der Waals surface area contributed by atoms with Crippen molar-refractivity contribution < 1.29 is 9.90 Å². The van der Waals surface area contributed by atoms with Crippen molar-refractivity contribution in [3.63, 3.8) is 0 Å². The van der Waals surface area contributed by atoms with E-state index < -0.39 is 0 Å². The second kappa shape index (κ2) is 5.48. The predicted molar refractivity (Wildman–Crippen MR) is 75.9 cm³/mol. The average molecular weight is 277 g/mol. The highest BCUT2D eigenvalue weighted by Gasteiger charge is 2.16. The van der Waals surface area contributed by atoms with Gasteiger partial charge in [-0.25, -0.2) is 4.98 Å². The van der Waals surface area contributed by atoms with Gasteiger partial charge in [0.05, 0.1) is 6.33 Å². The van der Waals surface area contributed by atoms with Crippen LogP contribution in [0.5, 0.6) is 5.88 Å². The Morgan fingerprint density at radius 1 is 1.40 bits per heavy atom. The van der Waals surface area contributed by atoms with Gasteiger partial charge in [-0.2, -0.15) is 0 Å². The monoisotopic (exact) mass is 277 g/mol. The van der Waals surface area contributed by atoms with E-state index in [1.54, 1.807) is 31.8 Å². The fourth-order valence-corrected chi connectivity index (χ4v) is 2.34. The lowest BCUT2D eigenvalue weighted by Crippen LogP contribution is -2.22. The Hall–Kier alpha value is -2.11. The summed E-state index contributed by atoms with van der Waals surface area (Å²) in [5, 5.41) is 10.1. The lowest BCUT2D eigenvalue weighted by Gasteiger charge is -2.11. The molecule has 0 unspecified atom stereocenters. The summed E-state index contributed by atoms with van der Waals surface area (Å²) in [7, 11) is 1.76. The number of fused-ring (bicyclic) bond motifs is 1. The quantitative estimate of drug-likeness (QED) is 0.840. The first-order chi connectivity index (χ1) is 9.43. The lowest BCUT2D eigenvalue weighted by molar-refractivity contribution is -0.117. The molecular formula is C14H19N3O3. The highest BCUT2D eigenvalue weighted by atomic mass is 16.3.